The number of aromatic nitrogens is 1. The van der Waals surface area contributed by atoms with Crippen molar-refractivity contribution in [1.29, 1.82) is 0 Å². The Balaban J connectivity index is 2.21. The first-order valence-corrected chi connectivity index (χ1v) is 6.51. The number of carbonyl (C=O) groups excluding carboxylic acids is 1. The molecule has 2 N–H and O–H groups in total. The predicted octanol–water partition coefficient (Wildman–Crippen LogP) is 3.01. The lowest BCUT2D eigenvalue weighted by molar-refractivity contribution is -0.137. The van der Waals surface area contributed by atoms with E-state index >= 15 is 0 Å². The van der Waals surface area contributed by atoms with Crippen LogP contribution < -0.4 is 5.73 Å². The lowest BCUT2D eigenvalue weighted by atomic mass is 9.79. The number of alkyl halides is 3. The Morgan fingerprint density at radius 1 is 1.33 bits per heavy atom. The molecule has 0 spiro atoms. The number of ketones is 1. The van der Waals surface area contributed by atoms with E-state index in [-0.39, 0.29) is 4.88 Å². The molecule has 0 bridgehead atoms. The molecule has 18 heavy (non-hydrogen) atoms. The van der Waals surface area contributed by atoms with Crippen LogP contribution in [0.15, 0.2) is 6.20 Å². The Kier molecular flexibility index (Phi) is 3.46. The molecule has 0 radical (unpaired) electrons. The van der Waals surface area contributed by atoms with E-state index in [2.05, 4.69) is 4.98 Å². The highest BCUT2D eigenvalue weighted by Gasteiger charge is 2.40. The average Bonchev–Trinajstić information content (AvgIpc) is 2.77. The van der Waals surface area contributed by atoms with E-state index in [4.69, 9.17) is 5.73 Å². The maximum absolute atomic E-state index is 12.4. The molecule has 2 rings (SSSR count). The second kappa shape index (κ2) is 4.62. The van der Waals surface area contributed by atoms with Gasteiger partial charge < -0.3 is 5.73 Å². The van der Waals surface area contributed by atoms with Gasteiger partial charge in [-0.05, 0) is 12.8 Å². The summed E-state index contributed by atoms with van der Waals surface area (Å²) < 4.78 is 37.2. The van der Waals surface area contributed by atoms with Crippen LogP contribution >= 0.6 is 11.3 Å². The van der Waals surface area contributed by atoms with Crippen LogP contribution in [-0.4, -0.2) is 16.3 Å². The topological polar surface area (TPSA) is 56.0 Å². The van der Waals surface area contributed by atoms with Crippen molar-refractivity contribution in [3.8, 4) is 0 Å². The second-order valence-electron chi connectivity index (χ2n) is 4.57. The monoisotopic (exact) mass is 278 g/mol. The summed E-state index contributed by atoms with van der Waals surface area (Å²) in [5, 5.41) is -0.995. The summed E-state index contributed by atoms with van der Waals surface area (Å²) in [5.74, 6) is -0.407. The highest BCUT2D eigenvalue weighted by atomic mass is 32.1. The van der Waals surface area contributed by atoms with E-state index in [0.29, 0.717) is 24.2 Å². The molecule has 0 aromatic carbocycles. The van der Waals surface area contributed by atoms with Crippen LogP contribution in [0, 0.1) is 0 Å². The Morgan fingerprint density at radius 2 is 1.94 bits per heavy atom. The summed E-state index contributed by atoms with van der Waals surface area (Å²) in [6, 6.07) is 0. The van der Waals surface area contributed by atoms with Gasteiger partial charge in [0.2, 0.25) is 0 Å². The maximum atomic E-state index is 12.4. The Morgan fingerprint density at radius 3 is 2.44 bits per heavy atom. The van der Waals surface area contributed by atoms with Gasteiger partial charge in [-0.1, -0.05) is 19.3 Å². The first-order chi connectivity index (χ1) is 8.33. The zero-order valence-corrected chi connectivity index (χ0v) is 10.4. The Labute approximate surface area is 106 Å². The molecule has 7 heteroatoms. The smallest absolute Gasteiger partial charge is 0.319 e. The normalized spacial score (nSPS) is 19.8. The predicted molar refractivity (Wildman–Crippen MR) is 61.4 cm³/mol. The van der Waals surface area contributed by atoms with E-state index in [1.54, 1.807) is 0 Å². The number of hydrogen-bond donors (Lipinski definition) is 1. The first kappa shape index (κ1) is 13.5. The summed E-state index contributed by atoms with van der Waals surface area (Å²) in [6.07, 6.45) is 0.246. The van der Waals surface area contributed by atoms with Crippen molar-refractivity contribution in [3.63, 3.8) is 0 Å². The molecule has 0 amide bonds. The van der Waals surface area contributed by atoms with Crippen LogP contribution in [0.25, 0.3) is 0 Å². The van der Waals surface area contributed by atoms with Crippen LogP contribution in [0.5, 0.6) is 0 Å². The van der Waals surface area contributed by atoms with Crippen LogP contribution in [0.2, 0.25) is 0 Å². The maximum Gasteiger partial charge on any atom is 0.443 e. The number of halogens is 3. The van der Waals surface area contributed by atoms with Gasteiger partial charge in [-0.2, -0.15) is 13.2 Å². The van der Waals surface area contributed by atoms with Crippen molar-refractivity contribution in [2.45, 2.75) is 43.8 Å². The van der Waals surface area contributed by atoms with Gasteiger partial charge in [0.25, 0.3) is 0 Å². The van der Waals surface area contributed by atoms with Crippen molar-refractivity contribution in [2.24, 2.45) is 5.73 Å². The van der Waals surface area contributed by atoms with E-state index < -0.39 is 22.5 Å². The third-order valence-corrected chi connectivity index (χ3v) is 4.21. The van der Waals surface area contributed by atoms with Crippen LogP contribution in [-0.2, 0) is 6.18 Å². The minimum atomic E-state index is -4.50. The van der Waals surface area contributed by atoms with Crippen molar-refractivity contribution in [1.82, 2.24) is 4.98 Å². The third-order valence-electron chi connectivity index (χ3n) is 3.17. The highest BCUT2D eigenvalue weighted by molar-refractivity contribution is 7.13. The number of rotatable bonds is 2. The molecule has 100 valence electrons. The number of nitrogens with two attached hydrogens (primary N) is 1. The standard InChI is InChI=1S/C11H13F3N2OS/c12-11(13,14)9-16-6-7(18-9)8(17)10(15)4-2-1-3-5-10/h6H,1-5,15H2. The van der Waals surface area contributed by atoms with E-state index in [9.17, 15) is 18.0 Å². The number of hydrogen-bond acceptors (Lipinski definition) is 4. The Bertz CT molecular complexity index is 449. The number of nitrogens with zero attached hydrogens (tertiary/aromatic N) is 1. The minimum absolute atomic E-state index is 0.00623. The van der Waals surface area contributed by atoms with Gasteiger partial charge in [-0.25, -0.2) is 4.98 Å². The van der Waals surface area contributed by atoms with Gasteiger partial charge in [-0.3, -0.25) is 4.79 Å². The third kappa shape index (κ3) is 2.56. The fourth-order valence-electron chi connectivity index (χ4n) is 2.17. The van der Waals surface area contributed by atoms with E-state index in [1.807, 2.05) is 0 Å². The fourth-order valence-corrected chi connectivity index (χ4v) is 3.00. The molecule has 1 aliphatic rings. The lowest BCUT2D eigenvalue weighted by Gasteiger charge is -2.31. The highest BCUT2D eigenvalue weighted by Crippen LogP contribution is 2.35. The molecule has 1 heterocycles. The van der Waals surface area contributed by atoms with Gasteiger partial charge in [0.05, 0.1) is 10.4 Å². The summed E-state index contributed by atoms with van der Waals surface area (Å²) in [4.78, 5) is 15.4. The fraction of sp³-hybridized carbons (Fsp3) is 0.636. The van der Waals surface area contributed by atoms with E-state index in [0.717, 1.165) is 25.5 Å². The summed E-state index contributed by atoms with van der Waals surface area (Å²) in [7, 11) is 0. The molecule has 1 fully saturated rings. The van der Waals surface area contributed by atoms with E-state index in [1.165, 1.54) is 0 Å². The van der Waals surface area contributed by atoms with Gasteiger partial charge in [-0.15, -0.1) is 11.3 Å². The largest absolute Gasteiger partial charge is 0.443 e. The zero-order chi connectivity index (χ0) is 13.4. The first-order valence-electron chi connectivity index (χ1n) is 5.70. The second-order valence-corrected chi connectivity index (χ2v) is 5.60. The summed E-state index contributed by atoms with van der Waals surface area (Å²) >= 11 is 0.374. The number of carbonyl (C=O) groups is 1. The van der Waals surface area contributed by atoms with Gasteiger partial charge in [0, 0.05) is 6.20 Å². The lowest BCUT2D eigenvalue weighted by Crippen LogP contribution is -2.49. The molecule has 1 aliphatic carbocycles. The van der Waals surface area contributed by atoms with Crippen LogP contribution in [0.4, 0.5) is 13.2 Å². The molecule has 1 aromatic rings. The van der Waals surface area contributed by atoms with Crippen molar-refractivity contribution in [2.75, 3.05) is 0 Å². The molecule has 1 aromatic heterocycles. The zero-order valence-electron chi connectivity index (χ0n) is 9.59. The summed E-state index contributed by atoms with van der Waals surface area (Å²) in [5.41, 5.74) is 4.99. The Hall–Kier alpha value is -0.950. The number of thiazole rings is 1. The molecule has 0 unspecified atom stereocenters. The van der Waals surface area contributed by atoms with Gasteiger partial charge in [0.15, 0.2) is 10.8 Å². The SMILES string of the molecule is NC1(C(=O)c2cnc(C(F)(F)F)s2)CCCCC1. The quantitative estimate of drug-likeness (QED) is 0.846. The average molecular weight is 278 g/mol. The van der Waals surface area contributed by atoms with Crippen molar-refractivity contribution < 1.29 is 18.0 Å². The van der Waals surface area contributed by atoms with Crippen molar-refractivity contribution in [3.05, 3.63) is 16.1 Å². The molecular weight excluding hydrogens is 265 g/mol. The molecule has 0 atom stereocenters. The molecule has 0 saturated heterocycles. The van der Waals surface area contributed by atoms with Crippen molar-refractivity contribution >= 4 is 17.1 Å². The summed E-state index contributed by atoms with van der Waals surface area (Å²) in [6.45, 7) is 0. The van der Waals surface area contributed by atoms with Crippen LogP contribution in [0.1, 0.15) is 46.8 Å². The van der Waals surface area contributed by atoms with Gasteiger partial charge >= 0.3 is 6.18 Å². The molecular formula is C11H13F3N2OS. The molecule has 1 saturated carbocycles. The molecule has 3 nitrogen and oxygen atoms in total. The van der Waals surface area contributed by atoms with Gasteiger partial charge in [0.1, 0.15) is 0 Å². The molecule has 0 aliphatic heterocycles. The number of Topliss-reactive ketones (excluding diaryl/α,β-unsaturated/α-hetero) is 1. The minimum Gasteiger partial charge on any atom is -0.319 e. The van der Waals surface area contributed by atoms with Crippen LogP contribution in [0.3, 0.4) is 0 Å².